The fraction of sp³-hybridized carbons (Fsp3) is 0.882. The Hall–Kier alpha value is 0.0465. The zero-order valence-electron chi connectivity index (χ0n) is 13.0. The van der Waals surface area contributed by atoms with Crippen molar-refractivity contribution in [3.63, 3.8) is 0 Å². The first-order valence-corrected chi connectivity index (χ1v) is 8.11. The Morgan fingerprint density at radius 2 is 1.11 bits per heavy atom. The van der Waals surface area contributed by atoms with Gasteiger partial charge in [-0.3, -0.25) is 0 Å². The van der Waals surface area contributed by atoms with E-state index in [0.29, 0.717) is 0 Å². The number of hydrogen-bond donors (Lipinski definition) is 0. The Balaban J connectivity index is 0. The molecule has 0 rings (SSSR count). The van der Waals surface area contributed by atoms with Gasteiger partial charge in [-0.15, -0.1) is 0 Å². The van der Waals surface area contributed by atoms with Crippen LogP contribution in [0.3, 0.4) is 0 Å². The van der Waals surface area contributed by atoms with Crippen LogP contribution >= 0.6 is 0 Å². The summed E-state index contributed by atoms with van der Waals surface area (Å²) >= 11 is 0. The predicted molar refractivity (Wildman–Crippen MR) is 80.7 cm³/mol. The topological polar surface area (TPSA) is 17.1 Å². The second-order valence-corrected chi connectivity index (χ2v) is 5.49. The molecule has 0 aromatic heterocycles. The molecule has 0 saturated heterocycles. The Morgan fingerprint density at radius 3 is 1.47 bits per heavy atom. The van der Waals surface area contributed by atoms with Gasteiger partial charge in [-0.05, 0) is 12.7 Å². The van der Waals surface area contributed by atoms with Crippen molar-refractivity contribution in [3.8, 4) is 0 Å². The molecular formula is C17H33CoO-. The minimum atomic E-state index is 0. The van der Waals surface area contributed by atoms with Gasteiger partial charge in [0.25, 0.3) is 0 Å². The summed E-state index contributed by atoms with van der Waals surface area (Å²) in [4.78, 5) is 10.7. The average molecular weight is 312 g/mol. The molecule has 117 valence electrons. The third kappa shape index (κ3) is 20.5. The van der Waals surface area contributed by atoms with Crippen LogP contribution in [0.25, 0.3) is 0 Å². The van der Waals surface area contributed by atoms with Crippen LogP contribution < -0.4 is 0 Å². The molecule has 0 N–H and O–H groups in total. The molecular weight excluding hydrogens is 279 g/mol. The standard InChI is InChI=1S/C17H33O.Co/c1-3-4-5-6-7-8-9-10-11-12-13-14-15-16-17(2)18;/h16H,3-15H2,1-2H3;/q-1;. The van der Waals surface area contributed by atoms with Crippen LogP contribution in [0.2, 0.25) is 0 Å². The van der Waals surface area contributed by atoms with Gasteiger partial charge in [-0.2, -0.15) is 6.42 Å². The Kier molecular flexibility index (Phi) is 20.3. The van der Waals surface area contributed by atoms with Gasteiger partial charge < -0.3 is 11.2 Å². The fourth-order valence-corrected chi connectivity index (χ4v) is 2.29. The third-order valence-corrected chi connectivity index (χ3v) is 3.49. The zero-order chi connectivity index (χ0) is 13.5. The summed E-state index contributed by atoms with van der Waals surface area (Å²) in [5, 5.41) is 0. The third-order valence-electron chi connectivity index (χ3n) is 3.49. The van der Waals surface area contributed by atoms with E-state index in [0.717, 1.165) is 6.42 Å². The molecule has 0 spiro atoms. The number of hydrogen-bond acceptors (Lipinski definition) is 1. The first-order valence-electron chi connectivity index (χ1n) is 8.11. The van der Waals surface area contributed by atoms with Gasteiger partial charge in [-0.1, -0.05) is 84.0 Å². The van der Waals surface area contributed by atoms with Crippen LogP contribution in [-0.2, 0) is 21.6 Å². The van der Waals surface area contributed by atoms with Gasteiger partial charge in [0, 0.05) is 16.8 Å². The van der Waals surface area contributed by atoms with Crippen molar-refractivity contribution in [2.75, 3.05) is 0 Å². The Labute approximate surface area is 131 Å². The summed E-state index contributed by atoms with van der Waals surface area (Å²) in [7, 11) is 0. The van der Waals surface area contributed by atoms with Gasteiger partial charge in [0.1, 0.15) is 0 Å². The number of carbonyl (C=O) groups excluding carboxylic acids is 1. The monoisotopic (exact) mass is 312 g/mol. The van der Waals surface area contributed by atoms with E-state index in [9.17, 15) is 4.79 Å². The zero-order valence-corrected chi connectivity index (χ0v) is 14.1. The number of rotatable bonds is 14. The average Bonchev–Trinajstić information content (AvgIpc) is 2.34. The van der Waals surface area contributed by atoms with E-state index in [1.54, 1.807) is 6.92 Å². The van der Waals surface area contributed by atoms with Crippen LogP contribution in [0.15, 0.2) is 0 Å². The number of carbonyl (C=O) groups is 1. The second kappa shape index (κ2) is 18.0. The summed E-state index contributed by atoms with van der Waals surface area (Å²) in [5.74, 6) is 0.220. The molecule has 19 heavy (non-hydrogen) atoms. The Bertz CT molecular complexity index is 180. The first kappa shape index (κ1) is 21.3. The fourth-order valence-electron chi connectivity index (χ4n) is 2.29. The van der Waals surface area contributed by atoms with E-state index in [-0.39, 0.29) is 22.6 Å². The molecule has 0 unspecified atom stereocenters. The first-order chi connectivity index (χ1) is 8.77. The van der Waals surface area contributed by atoms with E-state index >= 15 is 0 Å². The van der Waals surface area contributed by atoms with Crippen molar-refractivity contribution >= 4 is 5.78 Å². The van der Waals surface area contributed by atoms with Crippen LogP contribution in [0.5, 0.6) is 0 Å². The van der Waals surface area contributed by atoms with Crippen LogP contribution in [0, 0.1) is 6.42 Å². The summed E-state index contributed by atoms with van der Waals surface area (Å²) in [6.45, 7) is 3.91. The molecule has 0 bridgehead atoms. The molecule has 1 nitrogen and oxygen atoms in total. The maximum absolute atomic E-state index is 10.7. The van der Waals surface area contributed by atoms with E-state index in [2.05, 4.69) is 6.92 Å². The molecule has 0 aliphatic rings. The number of unbranched alkanes of at least 4 members (excludes halogenated alkanes) is 12. The van der Waals surface area contributed by atoms with Crippen LogP contribution in [0.1, 0.15) is 97.3 Å². The summed E-state index contributed by atoms with van der Waals surface area (Å²) in [6, 6.07) is 0. The second-order valence-electron chi connectivity index (χ2n) is 5.49. The Morgan fingerprint density at radius 1 is 0.737 bits per heavy atom. The van der Waals surface area contributed by atoms with Gasteiger partial charge >= 0.3 is 0 Å². The van der Waals surface area contributed by atoms with E-state index in [1.165, 1.54) is 77.0 Å². The molecule has 0 atom stereocenters. The van der Waals surface area contributed by atoms with Crippen molar-refractivity contribution in [2.24, 2.45) is 0 Å². The molecule has 0 aromatic rings. The van der Waals surface area contributed by atoms with Gasteiger partial charge in [-0.25, -0.2) is 0 Å². The quantitative estimate of drug-likeness (QED) is 0.290. The molecule has 0 amide bonds. The van der Waals surface area contributed by atoms with Crippen molar-refractivity contribution in [1.82, 2.24) is 0 Å². The minimum absolute atomic E-state index is 0. The predicted octanol–water partition coefficient (Wildman–Crippen LogP) is 5.87. The maximum atomic E-state index is 10.7. The number of Topliss-reactive ketones (excluding diaryl/α,β-unsaturated/α-hetero) is 1. The molecule has 0 aliphatic carbocycles. The molecule has 1 radical (unpaired) electrons. The van der Waals surface area contributed by atoms with Crippen molar-refractivity contribution in [2.45, 2.75) is 97.3 Å². The molecule has 0 fully saturated rings. The molecule has 0 aromatic carbocycles. The molecule has 0 saturated carbocycles. The van der Waals surface area contributed by atoms with E-state index in [4.69, 9.17) is 0 Å². The van der Waals surface area contributed by atoms with E-state index < -0.39 is 0 Å². The van der Waals surface area contributed by atoms with Crippen molar-refractivity contribution in [3.05, 3.63) is 6.42 Å². The summed E-state index contributed by atoms with van der Waals surface area (Å²) in [6.07, 6.45) is 19.3. The molecule has 0 aliphatic heterocycles. The normalized spacial score (nSPS) is 10.0. The van der Waals surface area contributed by atoms with Crippen molar-refractivity contribution in [1.29, 1.82) is 0 Å². The van der Waals surface area contributed by atoms with Gasteiger partial charge in [0.15, 0.2) is 0 Å². The summed E-state index contributed by atoms with van der Waals surface area (Å²) < 4.78 is 0. The summed E-state index contributed by atoms with van der Waals surface area (Å²) in [5.41, 5.74) is 0. The van der Waals surface area contributed by atoms with Crippen LogP contribution in [-0.4, -0.2) is 5.78 Å². The maximum Gasteiger partial charge on any atom is 0 e. The largest absolute Gasteiger partial charge is 0.335 e. The van der Waals surface area contributed by atoms with Crippen molar-refractivity contribution < 1.29 is 21.6 Å². The molecule has 0 heterocycles. The number of ketones is 1. The van der Waals surface area contributed by atoms with Crippen LogP contribution in [0.4, 0.5) is 0 Å². The molecule has 2 heteroatoms. The minimum Gasteiger partial charge on any atom is -0.335 e. The smallest absolute Gasteiger partial charge is 0 e. The SMILES string of the molecule is CCCCCCCCCCCCCC[CH-]C(C)=O.[Co]. The van der Waals surface area contributed by atoms with E-state index in [1.807, 2.05) is 6.42 Å². The van der Waals surface area contributed by atoms with Gasteiger partial charge in [0.2, 0.25) is 0 Å². The van der Waals surface area contributed by atoms with Gasteiger partial charge in [0.05, 0.1) is 0 Å².